The van der Waals surface area contributed by atoms with Gasteiger partial charge in [0, 0.05) is 19.6 Å². The van der Waals surface area contributed by atoms with E-state index in [-0.39, 0.29) is 6.54 Å². The summed E-state index contributed by atoms with van der Waals surface area (Å²) in [7, 11) is -3.33. The molecule has 0 bridgehead atoms. The highest BCUT2D eigenvalue weighted by atomic mass is 32.2. The van der Waals surface area contributed by atoms with Gasteiger partial charge in [0.1, 0.15) is 0 Å². The molecular weight excluding hydrogens is 192 g/mol. The van der Waals surface area contributed by atoms with Gasteiger partial charge in [-0.15, -0.1) is 0 Å². The van der Waals surface area contributed by atoms with Crippen LogP contribution in [0.4, 0.5) is 0 Å². The number of aliphatic hydroxyl groups excluding tert-OH is 1. The van der Waals surface area contributed by atoms with Gasteiger partial charge in [-0.05, 0) is 19.8 Å². The molecule has 1 unspecified atom stereocenters. The Morgan fingerprint density at radius 1 is 1.46 bits per heavy atom. The molecule has 0 radical (unpaired) electrons. The molecule has 0 aromatic heterocycles. The molecule has 1 rings (SSSR count). The Bertz CT molecular complexity index is 244. The lowest BCUT2D eigenvalue weighted by atomic mass is 10.4. The van der Waals surface area contributed by atoms with E-state index in [0.29, 0.717) is 13.1 Å². The first-order valence-electron chi connectivity index (χ1n) is 4.45. The van der Waals surface area contributed by atoms with Gasteiger partial charge < -0.3 is 5.11 Å². The average Bonchev–Trinajstić information content (AvgIpc) is 2.53. The molecule has 0 saturated carbocycles. The predicted molar refractivity (Wildman–Crippen MR) is 49.4 cm³/mol. The summed E-state index contributed by atoms with van der Waals surface area (Å²) in [5.74, 6) is 0. The summed E-state index contributed by atoms with van der Waals surface area (Å²) in [6.45, 7) is 2.82. The molecule has 0 spiro atoms. The Kier molecular flexibility index (Phi) is 3.66. The van der Waals surface area contributed by atoms with Crippen LogP contribution in [0.2, 0.25) is 0 Å². The van der Waals surface area contributed by atoms with Crippen molar-refractivity contribution in [1.82, 2.24) is 9.03 Å². The Balaban J connectivity index is 2.45. The largest absolute Gasteiger partial charge is 0.392 e. The van der Waals surface area contributed by atoms with Gasteiger partial charge in [-0.3, -0.25) is 0 Å². The number of rotatable bonds is 4. The van der Waals surface area contributed by atoms with Crippen molar-refractivity contribution in [3.8, 4) is 0 Å². The minimum Gasteiger partial charge on any atom is -0.392 e. The second-order valence-electron chi connectivity index (χ2n) is 3.31. The Labute approximate surface area is 78.9 Å². The predicted octanol–water partition coefficient (Wildman–Crippen LogP) is -0.703. The number of nitrogens with one attached hydrogen (secondary N) is 1. The molecule has 1 heterocycles. The normalized spacial score (nSPS) is 22.0. The maximum absolute atomic E-state index is 11.4. The van der Waals surface area contributed by atoms with E-state index in [1.54, 1.807) is 6.92 Å². The standard InChI is InChI=1S/C7H16N2O3S/c1-7(10)6-8-13(11,12)9-4-2-3-5-9/h7-8,10H,2-6H2,1H3. The Morgan fingerprint density at radius 3 is 2.46 bits per heavy atom. The summed E-state index contributed by atoms with van der Waals surface area (Å²) in [4.78, 5) is 0. The van der Waals surface area contributed by atoms with E-state index in [1.165, 1.54) is 4.31 Å². The fraction of sp³-hybridized carbons (Fsp3) is 1.00. The highest BCUT2D eigenvalue weighted by Crippen LogP contribution is 2.10. The third kappa shape index (κ3) is 3.22. The lowest BCUT2D eigenvalue weighted by molar-refractivity contribution is 0.198. The molecule has 0 aromatic rings. The van der Waals surface area contributed by atoms with E-state index >= 15 is 0 Å². The van der Waals surface area contributed by atoms with Crippen LogP contribution >= 0.6 is 0 Å². The summed E-state index contributed by atoms with van der Waals surface area (Å²) in [5.41, 5.74) is 0. The minimum absolute atomic E-state index is 0.0822. The lowest BCUT2D eigenvalue weighted by Gasteiger charge is -2.16. The highest BCUT2D eigenvalue weighted by Gasteiger charge is 2.24. The molecule has 13 heavy (non-hydrogen) atoms. The minimum atomic E-state index is -3.33. The van der Waals surface area contributed by atoms with Gasteiger partial charge in [-0.25, -0.2) is 0 Å². The van der Waals surface area contributed by atoms with Crippen molar-refractivity contribution >= 4 is 10.2 Å². The molecular formula is C7H16N2O3S. The van der Waals surface area contributed by atoms with Gasteiger partial charge >= 0.3 is 0 Å². The Hall–Kier alpha value is -0.170. The van der Waals surface area contributed by atoms with Crippen molar-refractivity contribution in [3.05, 3.63) is 0 Å². The molecule has 2 N–H and O–H groups in total. The molecule has 0 aromatic carbocycles. The van der Waals surface area contributed by atoms with Crippen molar-refractivity contribution in [2.45, 2.75) is 25.9 Å². The van der Waals surface area contributed by atoms with Crippen molar-refractivity contribution in [3.63, 3.8) is 0 Å². The van der Waals surface area contributed by atoms with Crippen LogP contribution < -0.4 is 4.72 Å². The van der Waals surface area contributed by atoms with Crippen molar-refractivity contribution in [2.24, 2.45) is 0 Å². The molecule has 1 fully saturated rings. The second-order valence-corrected chi connectivity index (χ2v) is 5.06. The van der Waals surface area contributed by atoms with Crippen molar-refractivity contribution < 1.29 is 13.5 Å². The molecule has 5 nitrogen and oxygen atoms in total. The van der Waals surface area contributed by atoms with Crippen LogP contribution in [0, 0.1) is 0 Å². The smallest absolute Gasteiger partial charge is 0.279 e. The summed E-state index contributed by atoms with van der Waals surface area (Å²) >= 11 is 0. The van der Waals surface area contributed by atoms with Crippen LogP contribution in [-0.4, -0.2) is 43.6 Å². The molecule has 0 aliphatic carbocycles. The third-order valence-electron chi connectivity index (χ3n) is 1.97. The fourth-order valence-electron chi connectivity index (χ4n) is 1.25. The topological polar surface area (TPSA) is 69.6 Å². The molecule has 1 saturated heterocycles. The van der Waals surface area contributed by atoms with E-state index in [1.807, 2.05) is 0 Å². The number of aliphatic hydroxyl groups is 1. The van der Waals surface area contributed by atoms with Crippen LogP contribution in [0.1, 0.15) is 19.8 Å². The number of hydrogen-bond donors (Lipinski definition) is 2. The van der Waals surface area contributed by atoms with Crippen LogP contribution in [-0.2, 0) is 10.2 Å². The zero-order valence-electron chi connectivity index (χ0n) is 7.73. The first-order valence-corrected chi connectivity index (χ1v) is 5.89. The maximum atomic E-state index is 11.4. The van der Waals surface area contributed by atoms with E-state index in [9.17, 15) is 8.42 Å². The van der Waals surface area contributed by atoms with E-state index in [4.69, 9.17) is 5.11 Å². The van der Waals surface area contributed by atoms with Crippen LogP contribution in [0.25, 0.3) is 0 Å². The van der Waals surface area contributed by atoms with Gasteiger partial charge in [-0.2, -0.15) is 17.4 Å². The van der Waals surface area contributed by atoms with E-state index in [2.05, 4.69) is 4.72 Å². The quantitative estimate of drug-likeness (QED) is 0.641. The SMILES string of the molecule is CC(O)CNS(=O)(=O)N1CCCC1. The van der Waals surface area contributed by atoms with Crippen LogP contribution in [0.5, 0.6) is 0 Å². The average molecular weight is 208 g/mol. The summed E-state index contributed by atoms with van der Waals surface area (Å²) in [6.07, 6.45) is 1.21. The van der Waals surface area contributed by atoms with Gasteiger partial charge in [0.25, 0.3) is 10.2 Å². The zero-order valence-corrected chi connectivity index (χ0v) is 8.55. The van der Waals surface area contributed by atoms with E-state index in [0.717, 1.165) is 12.8 Å². The zero-order chi connectivity index (χ0) is 9.90. The van der Waals surface area contributed by atoms with Crippen LogP contribution in [0.3, 0.4) is 0 Å². The van der Waals surface area contributed by atoms with Gasteiger partial charge in [-0.1, -0.05) is 0 Å². The van der Waals surface area contributed by atoms with Gasteiger partial charge in [0.05, 0.1) is 6.10 Å². The fourth-order valence-corrected chi connectivity index (χ4v) is 2.62. The summed E-state index contributed by atoms with van der Waals surface area (Å²) in [6, 6.07) is 0. The maximum Gasteiger partial charge on any atom is 0.279 e. The first-order chi connectivity index (χ1) is 6.02. The lowest BCUT2D eigenvalue weighted by Crippen LogP contribution is -2.41. The Morgan fingerprint density at radius 2 is 2.00 bits per heavy atom. The van der Waals surface area contributed by atoms with Crippen LogP contribution in [0.15, 0.2) is 0 Å². The van der Waals surface area contributed by atoms with E-state index < -0.39 is 16.3 Å². The third-order valence-corrected chi connectivity index (χ3v) is 3.54. The second kappa shape index (κ2) is 4.36. The summed E-state index contributed by atoms with van der Waals surface area (Å²) in [5, 5.41) is 8.91. The molecule has 0 amide bonds. The van der Waals surface area contributed by atoms with Crippen molar-refractivity contribution in [1.29, 1.82) is 0 Å². The highest BCUT2D eigenvalue weighted by molar-refractivity contribution is 7.87. The summed E-state index contributed by atoms with van der Waals surface area (Å²) < 4.78 is 26.6. The number of nitrogens with zero attached hydrogens (tertiary/aromatic N) is 1. The first kappa shape index (κ1) is 10.9. The molecule has 1 aliphatic heterocycles. The molecule has 78 valence electrons. The molecule has 1 atom stereocenters. The molecule has 6 heteroatoms. The van der Waals surface area contributed by atoms with Gasteiger partial charge in [0.2, 0.25) is 0 Å². The molecule has 1 aliphatic rings. The monoisotopic (exact) mass is 208 g/mol. The number of hydrogen-bond acceptors (Lipinski definition) is 3. The van der Waals surface area contributed by atoms with Gasteiger partial charge in [0.15, 0.2) is 0 Å². The van der Waals surface area contributed by atoms with Crippen molar-refractivity contribution in [2.75, 3.05) is 19.6 Å².